The summed E-state index contributed by atoms with van der Waals surface area (Å²) in [6, 6.07) is 65.3. The van der Waals surface area contributed by atoms with Gasteiger partial charge in [-0.3, -0.25) is 0 Å². The predicted octanol–water partition coefficient (Wildman–Crippen LogP) is 18.1. The molecule has 1 saturated carbocycles. The van der Waals surface area contributed by atoms with Crippen LogP contribution in [0.3, 0.4) is 0 Å². The summed E-state index contributed by atoms with van der Waals surface area (Å²) in [5, 5.41) is 0. The Bertz CT molecular complexity index is 3280. The zero-order valence-corrected chi connectivity index (χ0v) is 40.6. The molecule has 0 aromatic heterocycles. The molecular weight excluding hydrogens is 807 g/mol. The highest BCUT2D eigenvalue weighted by Crippen LogP contribution is 2.64. The molecule has 8 aromatic carbocycles. The van der Waals surface area contributed by atoms with Crippen molar-refractivity contribution >= 4 is 17.1 Å². The first-order valence-electron chi connectivity index (χ1n) is 25.4. The smallest absolute Gasteiger partial charge is 0.0726 e. The highest BCUT2D eigenvalue weighted by molar-refractivity contribution is 5.98. The van der Waals surface area contributed by atoms with E-state index in [1.165, 1.54) is 84.3 Å². The monoisotopic (exact) mass is 871 g/mol. The van der Waals surface area contributed by atoms with Gasteiger partial charge in [0.2, 0.25) is 0 Å². The van der Waals surface area contributed by atoms with E-state index in [0.717, 1.165) is 59.4 Å². The Morgan fingerprint density at radius 1 is 0.418 bits per heavy atom. The number of hydrogen-bond acceptors (Lipinski definition) is 1. The number of fused-ring (bicyclic) bond motifs is 13. The third-order valence-electron chi connectivity index (χ3n) is 16.2. The van der Waals surface area contributed by atoms with Crippen molar-refractivity contribution in [1.29, 1.82) is 0 Å². The lowest BCUT2D eigenvalue weighted by Gasteiger charge is -2.34. The standard InChI is InChI=1S/C66H63N/c1-63(2,3)43-30-34-52-53-35-31-44(64(4,5)6)39-60(53)66(59(52)38-43)57-28-18-15-25-50(57)54-37-33-46(41-61(54)66)67(45-32-36-51-49-24-14-17-27-56(49)65(7,8)58(51)40-45)62-29-19-16-26-55(62)48-23-13-12-22-47(48)42-20-10-9-11-21-42/h12-19,22-42H,9-11,20-21H2,1-8H3/i42D. The Morgan fingerprint density at radius 2 is 0.851 bits per heavy atom. The molecule has 0 unspecified atom stereocenters. The van der Waals surface area contributed by atoms with Crippen molar-refractivity contribution in [3.05, 3.63) is 220 Å². The first-order chi connectivity index (χ1) is 32.6. The van der Waals surface area contributed by atoms with Crippen LogP contribution in [0, 0.1) is 0 Å². The van der Waals surface area contributed by atoms with Crippen molar-refractivity contribution in [2.24, 2.45) is 0 Å². The number of hydrogen-bond donors (Lipinski definition) is 0. The third kappa shape index (κ3) is 6.26. The largest absolute Gasteiger partial charge is 0.310 e. The summed E-state index contributed by atoms with van der Waals surface area (Å²) in [6.45, 7) is 18.8. The number of rotatable bonds is 5. The second-order valence-electron chi connectivity index (χ2n) is 22.5. The van der Waals surface area contributed by atoms with Gasteiger partial charge in [-0.2, -0.15) is 0 Å². The molecule has 332 valence electrons. The van der Waals surface area contributed by atoms with E-state index in [-0.39, 0.29) is 16.2 Å². The van der Waals surface area contributed by atoms with Gasteiger partial charge in [0.15, 0.2) is 0 Å². The quantitative estimate of drug-likeness (QED) is 0.167. The van der Waals surface area contributed by atoms with E-state index < -0.39 is 11.3 Å². The van der Waals surface area contributed by atoms with Crippen LogP contribution in [-0.2, 0) is 21.7 Å². The molecule has 1 spiro atoms. The van der Waals surface area contributed by atoms with E-state index in [0.29, 0.717) is 0 Å². The van der Waals surface area contributed by atoms with Crippen molar-refractivity contribution in [2.45, 2.75) is 115 Å². The van der Waals surface area contributed by atoms with Crippen LogP contribution in [0.4, 0.5) is 17.1 Å². The molecule has 4 aliphatic carbocycles. The summed E-state index contributed by atoms with van der Waals surface area (Å²) in [7, 11) is 0. The molecule has 1 heteroatoms. The Morgan fingerprint density at radius 3 is 1.45 bits per heavy atom. The zero-order valence-electron chi connectivity index (χ0n) is 41.6. The van der Waals surface area contributed by atoms with Crippen molar-refractivity contribution in [3.63, 3.8) is 0 Å². The van der Waals surface area contributed by atoms with Gasteiger partial charge in [0.25, 0.3) is 0 Å². The van der Waals surface area contributed by atoms with Gasteiger partial charge in [0.05, 0.1) is 11.1 Å². The minimum atomic E-state index is -0.622. The Balaban J connectivity index is 1.15. The zero-order chi connectivity index (χ0) is 47.0. The lowest BCUT2D eigenvalue weighted by atomic mass is 9.68. The molecule has 0 heterocycles. The van der Waals surface area contributed by atoms with Gasteiger partial charge >= 0.3 is 0 Å². The fraction of sp³-hybridized carbons (Fsp3) is 0.273. The van der Waals surface area contributed by atoms with Crippen LogP contribution in [0.5, 0.6) is 0 Å². The summed E-state index contributed by atoms with van der Waals surface area (Å²) in [6.07, 6.45) is 5.18. The molecule has 0 atom stereocenters. The number of anilines is 3. The topological polar surface area (TPSA) is 3.24 Å². The second kappa shape index (κ2) is 15.0. The van der Waals surface area contributed by atoms with Gasteiger partial charge in [-0.25, -0.2) is 0 Å². The number of nitrogens with zero attached hydrogens (tertiary/aromatic N) is 1. The van der Waals surface area contributed by atoms with E-state index in [4.69, 9.17) is 0 Å². The third-order valence-corrected chi connectivity index (χ3v) is 16.2. The van der Waals surface area contributed by atoms with E-state index in [2.05, 4.69) is 230 Å². The maximum absolute atomic E-state index is 10.0. The molecule has 0 amide bonds. The minimum absolute atomic E-state index is 0.0303. The molecule has 0 N–H and O–H groups in total. The average molecular weight is 871 g/mol. The molecular formula is C66H63N. The van der Waals surface area contributed by atoms with Crippen LogP contribution in [0.2, 0.25) is 0 Å². The normalized spacial score (nSPS) is 16.9. The summed E-state index contributed by atoms with van der Waals surface area (Å²) in [5.41, 5.74) is 24.8. The Hall–Kier alpha value is -6.44. The highest BCUT2D eigenvalue weighted by atomic mass is 15.1. The molecule has 0 saturated heterocycles. The van der Waals surface area contributed by atoms with Gasteiger partial charge in [-0.15, -0.1) is 0 Å². The highest BCUT2D eigenvalue weighted by Gasteiger charge is 2.52. The van der Waals surface area contributed by atoms with E-state index in [1.807, 2.05) is 0 Å². The maximum atomic E-state index is 10.0. The van der Waals surface area contributed by atoms with Crippen molar-refractivity contribution < 1.29 is 1.37 Å². The molecule has 67 heavy (non-hydrogen) atoms. The van der Waals surface area contributed by atoms with Gasteiger partial charge < -0.3 is 4.90 Å². The maximum Gasteiger partial charge on any atom is 0.0726 e. The van der Waals surface area contributed by atoms with Crippen LogP contribution in [0.15, 0.2) is 170 Å². The van der Waals surface area contributed by atoms with Crippen molar-refractivity contribution in [2.75, 3.05) is 4.90 Å². The van der Waals surface area contributed by atoms with Gasteiger partial charge in [0.1, 0.15) is 0 Å². The fourth-order valence-electron chi connectivity index (χ4n) is 12.7. The fourth-order valence-corrected chi connectivity index (χ4v) is 12.7. The first-order valence-corrected chi connectivity index (χ1v) is 24.9. The van der Waals surface area contributed by atoms with Crippen LogP contribution in [-0.4, -0.2) is 0 Å². The predicted molar refractivity (Wildman–Crippen MR) is 284 cm³/mol. The number of para-hydroxylation sites is 1. The number of benzene rings is 8. The van der Waals surface area contributed by atoms with Gasteiger partial charge in [-0.05, 0) is 149 Å². The van der Waals surface area contributed by atoms with Crippen LogP contribution >= 0.6 is 0 Å². The van der Waals surface area contributed by atoms with E-state index >= 15 is 0 Å². The molecule has 0 radical (unpaired) electrons. The lowest BCUT2D eigenvalue weighted by Crippen LogP contribution is -2.27. The average Bonchev–Trinajstić information content (AvgIpc) is 3.89. The van der Waals surface area contributed by atoms with E-state index in [9.17, 15) is 1.37 Å². The molecule has 8 aromatic rings. The first kappa shape index (κ1) is 40.8. The second-order valence-corrected chi connectivity index (χ2v) is 22.5. The molecule has 1 fully saturated rings. The molecule has 0 aliphatic heterocycles. The SMILES string of the molecule is [2H]C1(c2ccccc2-c2ccccc2N(c2ccc3c(c2)C(C)(C)c2ccccc2-3)c2ccc3c(c2)C2(c4ccccc4-3)c3cc(C(C)(C)C)ccc3-c3ccc(C(C)(C)C)cc32)CCCCC1. The summed E-state index contributed by atoms with van der Waals surface area (Å²) in [4.78, 5) is 2.55. The van der Waals surface area contributed by atoms with Crippen LogP contribution in [0.1, 0.15) is 145 Å². The van der Waals surface area contributed by atoms with Gasteiger partial charge in [-0.1, -0.05) is 214 Å². The van der Waals surface area contributed by atoms with Crippen molar-refractivity contribution in [3.8, 4) is 44.5 Å². The molecule has 4 aliphatic rings. The summed E-state index contributed by atoms with van der Waals surface area (Å²) < 4.78 is 10.0. The Kier molecular flexibility index (Phi) is 9.16. The molecule has 12 rings (SSSR count). The van der Waals surface area contributed by atoms with Gasteiger partial charge in [0, 0.05) is 23.7 Å². The van der Waals surface area contributed by atoms with Crippen LogP contribution in [0.25, 0.3) is 44.5 Å². The summed E-state index contributed by atoms with van der Waals surface area (Å²) >= 11 is 0. The van der Waals surface area contributed by atoms with Crippen molar-refractivity contribution in [1.82, 2.24) is 0 Å². The summed E-state index contributed by atoms with van der Waals surface area (Å²) in [5.74, 6) is -0.622. The minimum Gasteiger partial charge on any atom is -0.310 e. The molecule has 1 nitrogen and oxygen atoms in total. The van der Waals surface area contributed by atoms with E-state index in [1.54, 1.807) is 0 Å². The molecule has 0 bridgehead atoms. The lowest BCUT2D eigenvalue weighted by molar-refractivity contribution is 0.444. The van der Waals surface area contributed by atoms with Crippen LogP contribution < -0.4 is 4.90 Å². The Labute approximate surface area is 401 Å².